The summed E-state index contributed by atoms with van der Waals surface area (Å²) in [6.45, 7) is 2.38. The fraction of sp³-hybridized carbons (Fsp3) is 0.333. The third kappa shape index (κ3) is 3.60. The van der Waals surface area contributed by atoms with E-state index in [0.717, 1.165) is 23.4 Å². The van der Waals surface area contributed by atoms with E-state index in [1.54, 1.807) is 7.11 Å². The van der Waals surface area contributed by atoms with Gasteiger partial charge < -0.3 is 14.5 Å². The van der Waals surface area contributed by atoms with E-state index in [4.69, 9.17) is 9.15 Å². The Labute approximate surface area is 118 Å². The van der Waals surface area contributed by atoms with Crippen LogP contribution in [0.3, 0.4) is 0 Å². The average molecular weight is 274 g/mol. The summed E-state index contributed by atoms with van der Waals surface area (Å²) in [6.07, 6.45) is 2.30. The second-order valence-corrected chi connectivity index (χ2v) is 4.45. The Morgan fingerprint density at radius 3 is 2.90 bits per heavy atom. The number of carbonyl (C=O) groups excluding carboxylic acids is 1. The van der Waals surface area contributed by atoms with E-state index in [1.807, 2.05) is 31.2 Å². The molecule has 0 bridgehead atoms. The largest absolute Gasteiger partial charge is 0.496 e. The van der Waals surface area contributed by atoms with E-state index in [1.165, 1.54) is 6.39 Å². The minimum atomic E-state index is -0.0697. The maximum Gasteiger partial charge on any atom is 0.227 e. The number of nitrogens with zero attached hydrogens (tertiary/aromatic N) is 1. The van der Waals surface area contributed by atoms with Gasteiger partial charge >= 0.3 is 0 Å². The first-order valence-corrected chi connectivity index (χ1v) is 6.48. The smallest absolute Gasteiger partial charge is 0.227 e. The molecule has 106 valence electrons. The Balaban J connectivity index is 1.81. The van der Waals surface area contributed by atoms with E-state index < -0.39 is 0 Å². The molecule has 0 atom stereocenters. The number of carbonyl (C=O) groups is 1. The molecule has 0 aliphatic heterocycles. The molecule has 2 aromatic rings. The molecule has 20 heavy (non-hydrogen) atoms. The van der Waals surface area contributed by atoms with Crippen LogP contribution in [0.15, 0.2) is 35.1 Å². The van der Waals surface area contributed by atoms with Gasteiger partial charge in [-0.1, -0.05) is 18.2 Å². The molecule has 0 spiro atoms. The van der Waals surface area contributed by atoms with Gasteiger partial charge in [0.25, 0.3) is 0 Å². The van der Waals surface area contributed by atoms with Crippen LogP contribution < -0.4 is 10.1 Å². The summed E-state index contributed by atoms with van der Waals surface area (Å²) in [6, 6.07) is 7.78. The van der Waals surface area contributed by atoms with E-state index in [9.17, 15) is 4.79 Å². The maximum atomic E-state index is 11.8. The highest BCUT2D eigenvalue weighted by Crippen LogP contribution is 2.17. The molecular weight excluding hydrogens is 256 g/mol. The summed E-state index contributed by atoms with van der Waals surface area (Å²) in [5, 5.41) is 2.87. The number of hydrogen-bond donors (Lipinski definition) is 1. The van der Waals surface area contributed by atoms with Crippen molar-refractivity contribution in [2.75, 3.05) is 13.7 Å². The van der Waals surface area contributed by atoms with E-state index in [2.05, 4.69) is 10.3 Å². The lowest BCUT2D eigenvalue weighted by Gasteiger charge is -2.08. The van der Waals surface area contributed by atoms with Crippen LogP contribution in [-0.2, 0) is 17.6 Å². The van der Waals surface area contributed by atoms with Crippen LogP contribution in [-0.4, -0.2) is 24.5 Å². The van der Waals surface area contributed by atoms with Crippen LogP contribution in [0.5, 0.6) is 5.75 Å². The molecule has 0 aliphatic carbocycles. The highest BCUT2D eigenvalue weighted by atomic mass is 16.5. The van der Waals surface area contributed by atoms with Crippen molar-refractivity contribution in [2.24, 2.45) is 0 Å². The number of hydrogen-bond acceptors (Lipinski definition) is 4. The lowest BCUT2D eigenvalue weighted by atomic mass is 10.1. The molecule has 0 saturated heterocycles. The SMILES string of the molecule is COc1ccccc1CCNC(=O)Cc1ocnc1C. The highest BCUT2D eigenvalue weighted by Gasteiger charge is 2.09. The quantitative estimate of drug-likeness (QED) is 0.873. The molecule has 0 saturated carbocycles. The Hall–Kier alpha value is -2.30. The molecule has 1 aromatic heterocycles. The molecule has 2 rings (SSSR count). The number of aromatic nitrogens is 1. The summed E-state index contributed by atoms with van der Waals surface area (Å²) < 4.78 is 10.4. The molecule has 0 fully saturated rings. The monoisotopic (exact) mass is 274 g/mol. The van der Waals surface area contributed by atoms with Gasteiger partial charge in [-0.2, -0.15) is 0 Å². The maximum absolute atomic E-state index is 11.8. The Morgan fingerprint density at radius 1 is 1.40 bits per heavy atom. The number of para-hydroxylation sites is 1. The van der Waals surface area contributed by atoms with Crippen LogP contribution in [0.1, 0.15) is 17.0 Å². The number of aryl methyl sites for hydroxylation is 1. The zero-order valence-corrected chi connectivity index (χ0v) is 11.7. The summed E-state index contributed by atoms with van der Waals surface area (Å²) in [7, 11) is 1.64. The molecule has 1 N–H and O–H groups in total. The van der Waals surface area contributed by atoms with Gasteiger partial charge in [-0.25, -0.2) is 4.98 Å². The molecule has 1 aromatic carbocycles. The van der Waals surface area contributed by atoms with Gasteiger partial charge in [0.05, 0.1) is 19.2 Å². The predicted octanol–water partition coefficient (Wildman–Crippen LogP) is 1.89. The van der Waals surface area contributed by atoms with Crippen LogP contribution in [0.25, 0.3) is 0 Å². The molecule has 0 unspecified atom stereocenters. The number of ether oxygens (including phenoxy) is 1. The molecule has 0 aliphatic rings. The molecule has 0 radical (unpaired) electrons. The molecule has 1 heterocycles. The number of oxazole rings is 1. The fourth-order valence-corrected chi connectivity index (χ4v) is 1.95. The van der Waals surface area contributed by atoms with Crippen LogP contribution in [0.2, 0.25) is 0 Å². The van der Waals surface area contributed by atoms with Gasteiger partial charge in [0, 0.05) is 6.54 Å². The first-order valence-electron chi connectivity index (χ1n) is 6.48. The number of rotatable bonds is 6. The third-order valence-corrected chi connectivity index (χ3v) is 3.08. The minimum Gasteiger partial charge on any atom is -0.496 e. The van der Waals surface area contributed by atoms with E-state index in [-0.39, 0.29) is 12.3 Å². The fourth-order valence-electron chi connectivity index (χ4n) is 1.95. The number of benzene rings is 1. The topological polar surface area (TPSA) is 64.4 Å². The lowest BCUT2D eigenvalue weighted by Crippen LogP contribution is -2.27. The second-order valence-electron chi connectivity index (χ2n) is 4.45. The molecule has 1 amide bonds. The summed E-state index contributed by atoms with van der Waals surface area (Å²) >= 11 is 0. The Bertz CT molecular complexity index is 578. The molecular formula is C15H18N2O3. The van der Waals surface area contributed by atoms with Crippen molar-refractivity contribution < 1.29 is 13.9 Å². The van der Waals surface area contributed by atoms with Gasteiger partial charge in [-0.05, 0) is 25.0 Å². The molecule has 5 heteroatoms. The lowest BCUT2D eigenvalue weighted by molar-refractivity contribution is -0.120. The van der Waals surface area contributed by atoms with Gasteiger partial charge in [-0.3, -0.25) is 4.79 Å². The standard InChI is InChI=1S/C15H18N2O3/c1-11-14(20-10-17-11)9-15(18)16-8-7-12-5-3-4-6-13(12)19-2/h3-6,10H,7-9H2,1-2H3,(H,16,18). The van der Waals surface area contributed by atoms with Crippen molar-refractivity contribution in [3.63, 3.8) is 0 Å². The summed E-state index contributed by atoms with van der Waals surface area (Å²) in [5.74, 6) is 1.38. The van der Waals surface area contributed by atoms with Crippen molar-refractivity contribution in [2.45, 2.75) is 19.8 Å². The van der Waals surface area contributed by atoms with Crippen molar-refractivity contribution in [3.05, 3.63) is 47.7 Å². The zero-order valence-electron chi connectivity index (χ0n) is 11.7. The van der Waals surface area contributed by atoms with Crippen LogP contribution >= 0.6 is 0 Å². The van der Waals surface area contributed by atoms with E-state index >= 15 is 0 Å². The van der Waals surface area contributed by atoms with Crippen molar-refractivity contribution >= 4 is 5.91 Å². The van der Waals surface area contributed by atoms with Crippen molar-refractivity contribution in [1.82, 2.24) is 10.3 Å². The second kappa shape index (κ2) is 6.75. The highest BCUT2D eigenvalue weighted by molar-refractivity contribution is 5.78. The average Bonchev–Trinajstić information content (AvgIpc) is 2.85. The molecule has 5 nitrogen and oxygen atoms in total. The minimum absolute atomic E-state index is 0.0697. The normalized spacial score (nSPS) is 10.3. The summed E-state index contributed by atoms with van der Waals surface area (Å²) in [5.41, 5.74) is 1.83. The number of methoxy groups -OCH3 is 1. The third-order valence-electron chi connectivity index (χ3n) is 3.08. The Kier molecular flexibility index (Phi) is 4.76. The van der Waals surface area contributed by atoms with Crippen molar-refractivity contribution in [3.8, 4) is 5.75 Å². The zero-order chi connectivity index (χ0) is 14.4. The van der Waals surface area contributed by atoms with Gasteiger partial charge in [0.15, 0.2) is 6.39 Å². The van der Waals surface area contributed by atoms with Gasteiger partial charge in [0.1, 0.15) is 11.5 Å². The van der Waals surface area contributed by atoms with Crippen LogP contribution in [0, 0.1) is 6.92 Å². The number of amides is 1. The van der Waals surface area contributed by atoms with E-state index in [0.29, 0.717) is 12.3 Å². The Morgan fingerprint density at radius 2 is 2.20 bits per heavy atom. The summed E-state index contributed by atoms with van der Waals surface area (Å²) in [4.78, 5) is 15.7. The first kappa shape index (κ1) is 14.1. The van der Waals surface area contributed by atoms with Gasteiger partial charge in [-0.15, -0.1) is 0 Å². The van der Waals surface area contributed by atoms with Crippen LogP contribution in [0.4, 0.5) is 0 Å². The first-order chi connectivity index (χ1) is 9.70. The van der Waals surface area contributed by atoms with Crippen molar-refractivity contribution in [1.29, 1.82) is 0 Å². The number of nitrogens with one attached hydrogen (secondary N) is 1. The predicted molar refractivity (Wildman–Crippen MR) is 74.7 cm³/mol. The van der Waals surface area contributed by atoms with Gasteiger partial charge in [0.2, 0.25) is 5.91 Å².